The molecule has 3 aliphatic rings. The number of aromatic amines is 2. The van der Waals surface area contributed by atoms with Crippen LogP contribution in [0.15, 0.2) is 22.2 Å². The molecule has 0 radical (unpaired) electrons. The molecule has 20 nitrogen and oxygen atoms in total. The molecule has 1 saturated carbocycles. The lowest BCUT2D eigenvalue weighted by atomic mass is 10.1. The van der Waals surface area contributed by atoms with Crippen LogP contribution >= 0.6 is 0 Å². The van der Waals surface area contributed by atoms with Gasteiger partial charge in [-0.3, -0.25) is 53.7 Å². The number of aromatic nitrogens is 8. The Balaban J connectivity index is 0.000000216. The van der Waals surface area contributed by atoms with Gasteiger partial charge in [-0.2, -0.15) is 9.97 Å². The van der Waals surface area contributed by atoms with E-state index in [1.807, 2.05) is 0 Å². The fraction of sp³-hybridized carbons (Fsp3) is 0.698. The van der Waals surface area contributed by atoms with Crippen LogP contribution in [0.25, 0.3) is 22.3 Å². The number of nitrogens with zero attached hydrogens (tertiary/aromatic N) is 6. The summed E-state index contributed by atoms with van der Waals surface area (Å²) in [7, 11) is -4.26. The van der Waals surface area contributed by atoms with Gasteiger partial charge in [0.05, 0.1) is 30.5 Å². The highest BCUT2D eigenvalue weighted by atomic mass is 28.4. The summed E-state index contributed by atoms with van der Waals surface area (Å²) in [6.45, 7) is 30.1. The van der Waals surface area contributed by atoms with Crippen molar-refractivity contribution in [3.8, 4) is 0 Å². The third-order valence-corrected chi connectivity index (χ3v) is 22.4. The van der Waals surface area contributed by atoms with E-state index < -0.39 is 64.1 Å². The van der Waals surface area contributed by atoms with Crippen molar-refractivity contribution < 1.29 is 37.8 Å². The summed E-state index contributed by atoms with van der Waals surface area (Å²) in [6.07, 6.45) is 2.34. The van der Waals surface area contributed by atoms with Gasteiger partial charge in [0.25, 0.3) is 11.1 Å². The molecule has 2 aliphatic heterocycles. The molecule has 0 bridgehead atoms. The summed E-state index contributed by atoms with van der Waals surface area (Å²) in [5.41, 5.74) is -0.920. The monoisotopic (exact) mass is 940 g/mol. The Morgan fingerprint density at radius 2 is 1.15 bits per heavy atom. The molecule has 0 aromatic carbocycles. The molecular formula is C43H68N10O10Si2. The first-order valence-corrected chi connectivity index (χ1v) is 28.2. The topological polar surface area (TPSA) is 260 Å². The first-order chi connectivity index (χ1) is 29.9. The highest BCUT2D eigenvalue weighted by molar-refractivity contribution is 6.74. The Morgan fingerprint density at radius 3 is 1.54 bits per heavy atom. The Labute approximate surface area is 380 Å². The summed E-state index contributed by atoms with van der Waals surface area (Å²) in [6, 6.07) is 0. The predicted octanol–water partition coefficient (Wildman–Crippen LogP) is 5.90. The van der Waals surface area contributed by atoms with Crippen LogP contribution in [0.2, 0.25) is 36.3 Å². The smallest absolute Gasteiger partial charge is 0.280 e. The van der Waals surface area contributed by atoms with Crippen LogP contribution in [-0.4, -0.2) is 108 Å². The molecule has 0 unspecified atom stereocenters. The van der Waals surface area contributed by atoms with Crippen LogP contribution in [0.5, 0.6) is 0 Å². The zero-order chi connectivity index (χ0) is 48.4. The van der Waals surface area contributed by atoms with Crippen LogP contribution < -0.4 is 21.8 Å². The van der Waals surface area contributed by atoms with Gasteiger partial charge >= 0.3 is 0 Å². The van der Waals surface area contributed by atoms with Gasteiger partial charge in [0, 0.05) is 24.7 Å². The lowest BCUT2D eigenvalue weighted by Crippen LogP contribution is -2.48. The second-order valence-corrected chi connectivity index (χ2v) is 30.8. The average Bonchev–Trinajstić information content (AvgIpc) is 3.62. The highest BCUT2D eigenvalue weighted by Gasteiger charge is 2.58. The van der Waals surface area contributed by atoms with Crippen molar-refractivity contribution >= 4 is 68.5 Å². The normalized spacial score (nSPS) is 23.5. The van der Waals surface area contributed by atoms with E-state index in [9.17, 15) is 29.1 Å². The second kappa shape index (κ2) is 18.0. The fourth-order valence-corrected chi connectivity index (χ4v) is 9.78. The van der Waals surface area contributed by atoms with E-state index in [1.165, 1.54) is 19.6 Å². The maximum atomic E-state index is 12.6. The van der Waals surface area contributed by atoms with Crippen LogP contribution in [0.4, 0.5) is 11.9 Å². The maximum Gasteiger partial charge on any atom is 0.280 e. The molecule has 7 rings (SSSR count). The van der Waals surface area contributed by atoms with Gasteiger partial charge in [-0.1, -0.05) is 69.2 Å². The zero-order valence-corrected chi connectivity index (χ0v) is 42.4. The Morgan fingerprint density at radius 1 is 0.754 bits per heavy atom. The number of ether oxygens (including phenoxy) is 2. The number of Topliss-reactive ketones (excluding diaryl/α,β-unsaturated/α-hetero) is 1. The van der Waals surface area contributed by atoms with Gasteiger partial charge in [-0.15, -0.1) is 0 Å². The largest absolute Gasteiger partial charge is 0.411 e. The minimum atomic E-state index is -2.15. The average molecular weight is 941 g/mol. The summed E-state index contributed by atoms with van der Waals surface area (Å²) in [4.78, 5) is 83.8. The maximum absolute atomic E-state index is 12.6. The molecule has 65 heavy (non-hydrogen) atoms. The molecule has 3 fully saturated rings. The summed E-state index contributed by atoms with van der Waals surface area (Å²) < 4.78 is 28.9. The Bertz CT molecular complexity index is 2550. The number of ketones is 1. The fourth-order valence-electron chi connectivity index (χ4n) is 7.12. The van der Waals surface area contributed by atoms with Crippen molar-refractivity contribution in [1.29, 1.82) is 0 Å². The number of rotatable bonds is 12. The molecule has 4 aromatic heterocycles. The van der Waals surface area contributed by atoms with E-state index >= 15 is 0 Å². The van der Waals surface area contributed by atoms with Crippen molar-refractivity contribution in [2.45, 2.75) is 181 Å². The molecule has 0 spiro atoms. The van der Waals surface area contributed by atoms with Crippen molar-refractivity contribution in [3.63, 3.8) is 0 Å². The van der Waals surface area contributed by atoms with E-state index in [0.29, 0.717) is 31.3 Å². The highest BCUT2D eigenvalue weighted by Crippen LogP contribution is 2.50. The first-order valence-electron chi connectivity index (χ1n) is 22.4. The lowest BCUT2D eigenvalue weighted by molar-refractivity contribution is -0.132. The number of carbonyl (C=O) groups excluding carboxylic acids is 3. The van der Waals surface area contributed by atoms with E-state index in [-0.39, 0.29) is 74.2 Å². The first kappa shape index (κ1) is 50.0. The second-order valence-electron chi connectivity index (χ2n) is 21.3. The van der Waals surface area contributed by atoms with Gasteiger partial charge in [0.1, 0.15) is 24.7 Å². The number of aliphatic hydroxyl groups is 1. The van der Waals surface area contributed by atoms with Crippen LogP contribution in [0.3, 0.4) is 0 Å². The molecule has 2 amide bonds. The molecule has 1 aliphatic carbocycles. The van der Waals surface area contributed by atoms with Gasteiger partial charge in [0.2, 0.25) is 23.7 Å². The predicted molar refractivity (Wildman–Crippen MR) is 249 cm³/mol. The molecule has 5 N–H and O–H groups in total. The standard InChI is InChI=1S/C22H35N5O5Si.C21H33N5O5Si/c1-12(2)18(28)25-20-24-17-15(19(29)26-20)23-11-27(17)14-10-13(16(31-14)22(30)8-9-22)32-33(6,7)21(3,4)5;1-11(2)18(28)24-20-23-17-15(19(29)25-20)22-10-26(17)14-9-13(16(30-14)12(3)27)31-32(7,8)21(4,5)6/h11-14,16,30H,8-10H2,1-7H3,(H2,24,25,26,28,29);10-11,13-14,16H,9H2,1-8H3,(H2,23,24,25,28,29)/t13-,14-,16+;13-,14-,16-/m11/s1. The SMILES string of the molecule is CC(=O)[C@H]1O[C@@H](n2cnc3c(=O)[nH]c(NC(=O)C(C)C)nc32)C[C@H]1O[Si](C)(C)C(C)(C)C.CC(C)C(=O)Nc1nc2c(ncn2[C@H]2C[C@@H](O[Si](C)(C)C(C)(C)C)[C@@H](C3(O)CC3)O2)c(=O)[nH]1. The van der Waals surface area contributed by atoms with Gasteiger partial charge in [0.15, 0.2) is 44.7 Å². The lowest BCUT2D eigenvalue weighted by Gasteiger charge is -2.40. The number of fused-ring (bicyclic) bond motifs is 2. The van der Waals surface area contributed by atoms with Gasteiger partial charge < -0.3 is 23.4 Å². The molecule has 6 heterocycles. The number of nitrogens with one attached hydrogen (secondary N) is 4. The van der Waals surface area contributed by atoms with Gasteiger partial charge in [-0.05, 0) is 56.0 Å². The van der Waals surface area contributed by atoms with E-state index in [2.05, 4.69) is 108 Å². The van der Waals surface area contributed by atoms with E-state index in [0.717, 1.165) is 0 Å². The Kier molecular flexibility index (Phi) is 13.8. The molecule has 2 saturated heterocycles. The van der Waals surface area contributed by atoms with Crippen LogP contribution in [0.1, 0.15) is 114 Å². The van der Waals surface area contributed by atoms with E-state index in [1.54, 1.807) is 36.8 Å². The number of carbonyl (C=O) groups is 3. The van der Waals surface area contributed by atoms with Crippen molar-refractivity contribution in [3.05, 3.63) is 33.4 Å². The molecule has 6 atom stereocenters. The van der Waals surface area contributed by atoms with Crippen molar-refractivity contribution in [2.24, 2.45) is 11.8 Å². The third kappa shape index (κ3) is 10.6. The van der Waals surface area contributed by atoms with E-state index in [4.69, 9.17) is 18.3 Å². The van der Waals surface area contributed by atoms with Crippen molar-refractivity contribution in [2.75, 3.05) is 10.6 Å². The van der Waals surface area contributed by atoms with Crippen LogP contribution in [0, 0.1) is 11.8 Å². The number of anilines is 2. The molecule has 22 heteroatoms. The quantitative estimate of drug-likeness (QED) is 0.104. The molecular weight excluding hydrogens is 873 g/mol. The summed E-state index contributed by atoms with van der Waals surface area (Å²) in [5, 5.41) is 16.2. The van der Waals surface area contributed by atoms with Crippen LogP contribution in [-0.2, 0) is 32.7 Å². The number of hydrogen-bond acceptors (Lipinski definition) is 14. The van der Waals surface area contributed by atoms with Gasteiger partial charge in [-0.25, -0.2) is 9.97 Å². The minimum absolute atomic E-state index is 0.0158. The number of amides is 2. The third-order valence-electron chi connectivity index (χ3n) is 13.4. The zero-order valence-electron chi connectivity index (χ0n) is 40.4. The summed E-state index contributed by atoms with van der Waals surface area (Å²) in [5.74, 6) is -1.06. The minimum Gasteiger partial charge on any atom is -0.411 e. The Hall–Kier alpha value is -4.46. The summed E-state index contributed by atoms with van der Waals surface area (Å²) >= 11 is 0. The number of imidazole rings is 2. The van der Waals surface area contributed by atoms with Crippen molar-refractivity contribution in [1.82, 2.24) is 39.0 Å². The number of H-pyrrole nitrogens is 2. The number of hydrogen-bond donors (Lipinski definition) is 5. The molecule has 358 valence electrons. The molecule has 4 aromatic rings.